The molecule has 0 aliphatic rings. The molecule has 0 aromatic heterocycles. The van der Waals surface area contributed by atoms with Crippen molar-refractivity contribution < 1.29 is 39.3 Å². The Hall–Kier alpha value is -2.69. The van der Waals surface area contributed by atoms with Crippen LogP contribution in [0.5, 0.6) is 0 Å². The fourth-order valence-corrected chi connectivity index (χ4v) is 0.213. The molecule has 0 saturated carbocycles. The van der Waals surface area contributed by atoms with Crippen molar-refractivity contribution in [1.82, 2.24) is 6.15 Å². The zero-order chi connectivity index (χ0) is 13.7. The molecule has 2 amide bonds. The van der Waals surface area contributed by atoms with Gasteiger partial charge in [0.25, 0.3) is 12.3 Å². The van der Waals surface area contributed by atoms with E-state index in [0.29, 0.717) is 0 Å². The van der Waals surface area contributed by atoms with Gasteiger partial charge in [0, 0.05) is 0 Å². The van der Waals surface area contributed by atoms with Gasteiger partial charge in [-0.15, -0.1) is 0 Å². The number of nitrogens with two attached hydrogens (primary N) is 2. The third kappa shape index (κ3) is 60.4. The zero-order valence-electron chi connectivity index (χ0n) is 8.53. The number of aliphatic carboxylic acids is 2. The summed E-state index contributed by atoms with van der Waals surface area (Å²) in [5.74, 6) is -4.44. The van der Waals surface area contributed by atoms with Crippen LogP contribution in [0.1, 0.15) is 6.42 Å². The average Bonchev–Trinajstić information content (AvgIpc) is 2.02. The molecule has 0 spiro atoms. The minimum atomic E-state index is -1.71. The molecular formula is C6H13N3O8. The predicted molar refractivity (Wildman–Crippen MR) is 52.4 cm³/mol. The van der Waals surface area contributed by atoms with Gasteiger partial charge in [0.1, 0.15) is 6.42 Å². The van der Waals surface area contributed by atoms with E-state index in [4.69, 9.17) is 24.9 Å². The van der Waals surface area contributed by atoms with Crippen molar-refractivity contribution >= 4 is 30.2 Å². The number of primary amides is 2. The Morgan fingerprint density at radius 1 is 1.06 bits per heavy atom. The van der Waals surface area contributed by atoms with E-state index in [1.807, 2.05) is 0 Å². The summed E-state index contributed by atoms with van der Waals surface area (Å²) in [5.41, 5.74) is 8.50. The maximum absolute atomic E-state index is 9.97. The van der Waals surface area contributed by atoms with Gasteiger partial charge in [-0.1, -0.05) is 0 Å². The van der Waals surface area contributed by atoms with Crippen molar-refractivity contribution in [3.63, 3.8) is 0 Å². The van der Waals surface area contributed by atoms with Gasteiger partial charge in [-0.3, -0.25) is 14.4 Å². The Morgan fingerprint density at radius 2 is 1.29 bits per heavy atom. The van der Waals surface area contributed by atoms with Crippen molar-refractivity contribution in [2.45, 2.75) is 6.42 Å². The van der Waals surface area contributed by atoms with Crippen molar-refractivity contribution in [1.29, 1.82) is 0 Å². The van der Waals surface area contributed by atoms with Crippen molar-refractivity contribution in [3.05, 3.63) is 0 Å². The number of carboxylic acids is 2. The Balaban J connectivity index is -0.0000000893. The average molecular weight is 255 g/mol. The number of carboxylic acid groups (broad SMARTS) is 3. The maximum atomic E-state index is 9.97. The highest BCUT2D eigenvalue weighted by molar-refractivity contribution is 6.35. The van der Waals surface area contributed by atoms with Crippen LogP contribution in [-0.4, -0.2) is 45.5 Å². The second-order valence-corrected chi connectivity index (χ2v) is 1.81. The van der Waals surface area contributed by atoms with Gasteiger partial charge in [-0.25, -0.2) is 9.59 Å². The van der Waals surface area contributed by atoms with Crippen LogP contribution in [0, 0.1) is 0 Å². The number of amides is 2. The molecule has 17 heavy (non-hydrogen) atoms. The van der Waals surface area contributed by atoms with Crippen LogP contribution in [0.3, 0.4) is 0 Å². The highest BCUT2D eigenvalue weighted by Crippen LogP contribution is 1.81. The van der Waals surface area contributed by atoms with Crippen molar-refractivity contribution in [3.8, 4) is 0 Å². The van der Waals surface area contributed by atoms with Gasteiger partial charge in [0.2, 0.25) is 0 Å². The summed E-state index contributed by atoms with van der Waals surface area (Å²) in [6, 6.07) is -0.833. The van der Waals surface area contributed by atoms with Gasteiger partial charge in [0.05, 0.1) is 0 Å². The number of rotatable bonds is 3. The quantitative estimate of drug-likeness (QED) is 0.185. The number of carbonyl (C=O) groups excluding carboxylic acids is 2. The maximum Gasteiger partial charge on any atom is 0.372 e. The van der Waals surface area contributed by atoms with Crippen molar-refractivity contribution in [2.75, 3.05) is 0 Å². The smallest absolute Gasteiger partial charge is 0.372 e. The first kappa shape index (κ1) is 23.8. The fraction of sp³-hybridized carbons (Fsp3) is 0.167. The zero-order valence-corrected chi connectivity index (χ0v) is 8.53. The molecule has 0 heterocycles. The summed E-state index contributed by atoms with van der Waals surface area (Å²) in [7, 11) is 0. The molecule has 0 aromatic rings. The van der Waals surface area contributed by atoms with E-state index in [2.05, 4.69) is 11.5 Å². The van der Waals surface area contributed by atoms with E-state index in [1.54, 1.807) is 0 Å². The molecule has 0 saturated heterocycles. The minimum Gasteiger partial charge on any atom is -0.483 e. The van der Waals surface area contributed by atoms with Crippen LogP contribution in [0.25, 0.3) is 0 Å². The van der Waals surface area contributed by atoms with E-state index in [0.717, 1.165) is 0 Å². The first-order valence-corrected chi connectivity index (χ1v) is 3.29. The summed E-state index contributed by atoms with van der Waals surface area (Å²) in [4.78, 5) is 46.6. The Kier molecular flexibility index (Phi) is 22.1. The van der Waals surface area contributed by atoms with Gasteiger partial charge < -0.3 is 32.9 Å². The molecule has 0 radical (unpaired) electrons. The summed E-state index contributed by atoms with van der Waals surface area (Å²) >= 11 is 0. The molecular weight excluding hydrogens is 242 g/mol. The number of carbonyl (C=O) groups is 5. The van der Waals surface area contributed by atoms with Gasteiger partial charge >= 0.3 is 18.0 Å². The van der Waals surface area contributed by atoms with Gasteiger partial charge in [-0.05, 0) is 0 Å². The number of urea groups is 1. The first-order chi connectivity index (χ1) is 7.18. The molecule has 0 aliphatic carbocycles. The Labute approximate surface area is 94.6 Å². The molecule has 0 rings (SSSR count). The van der Waals surface area contributed by atoms with E-state index in [9.17, 15) is 14.4 Å². The normalized spacial score (nSPS) is 6.59. The van der Waals surface area contributed by atoms with Gasteiger partial charge in [-0.2, -0.15) is 0 Å². The van der Waals surface area contributed by atoms with Crippen LogP contribution < -0.4 is 17.6 Å². The van der Waals surface area contributed by atoms with Crippen LogP contribution in [0.15, 0.2) is 0 Å². The van der Waals surface area contributed by atoms with Crippen LogP contribution in [0.2, 0.25) is 0 Å². The summed E-state index contributed by atoms with van der Waals surface area (Å²) in [6.45, 7) is -0.250. The number of hydrogen-bond acceptors (Lipinski definition) is 6. The lowest BCUT2D eigenvalue weighted by Gasteiger charge is -1.85. The Bertz CT molecular complexity index is 272. The molecule has 0 unspecified atom stereocenters. The minimum absolute atomic E-state index is 0. The number of ketones is 1. The highest BCUT2D eigenvalue weighted by Gasteiger charge is 2.14. The molecule has 11 nitrogen and oxygen atoms in total. The molecule has 0 aromatic carbocycles. The fourth-order valence-electron chi connectivity index (χ4n) is 0.213. The molecule has 100 valence electrons. The van der Waals surface area contributed by atoms with Crippen molar-refractivity contribution in [2.24, 2.45) is 11.5 Å². The second kappa shape index (κ2) is 15.8. The van der Waals surface area contributed by atoms with Crippen LogP contribution in [-0.2, 0) is 19.2 Å². The molecule has 10 N–H and O–H groups in total. The third-order valence-electron chi connectivity index (χ3n) is 0.550. The molecule has 0 fully saturated rings. The van der Waals surface area contributed by atoms with E-state index < -0.39 is 30.2 Å². The molecule has 11 heteroatoms. The second-order valence-electron chi connectivity index (χ2n) is 1.81. The molecule has 0 aliphatic heterocycles. The number of Topliss-reactive ketones (excluding diaryl/α,β-unsaturated/α-hetero) is 1. The largest absolute Gasteiger partial charge is 0.483 e. The Morgan fingerprint density at radius 3 is 1.35 bits per heavy atom. The van der Waals surface area contributed by atoms with E-state index >= 15 is 0 Å². The topological polar surface area (TPSA) is 233 Å². The van der Waals surface area contributed by atoms with Crippen LogP contribution >= 0.6 is 0 Å². The molecule has 0 bridgehead atoms. The predicted octanol–water partition coefficient (Wildman–Crippen LogP) is -2.00. The van der Waals surface area contributed by atoms with Crippen LogP contribution in [0.4, 0.5) is 4.79 Å². The lowest BCUT2D eigenvalue weighted by Crippen LogP contribution is -2.18. The highest BCUT2D eigenvalue weighted by atomic mass is 16.4. The summed E-state index contributed by atoms with van der Waals surface area (Å²) in [5, 5.41) is 22.6. The summed E-state index contributed by atoms with van der Waals surface area (Å²) in [6.07, 6.45) is -0.949. The van der Waals surface area contributed by atoms with E-state index in [-0.39, 0.29) is 12.6 Å². The number of hydrogen-bond donors (Lipinski definition) is 6. The first-order valence-electron chi connectivity index (χ1n) is 3.29. The SMILES string of the molecule is N.NC(N)=O.O=C(O)CC(=O)C(=O)O.O=CO. The summed E-state index contributed by atoms with van der Waals surface area (Å²) < 4.78 is 0. The van der Waals surface area contributed by atoms with Gasteiger partial charge in [0.15, 0.2) is 0 Å². The third-order valence-corrected chi connectivity index (χ3v) is 0.550. The van der Waals surface area contributed by atoms with E-state index in [1.165, 1.54) is 0 Å². The monoisotopic (exact) mass is 255 g/mol. The molecule has 0 atom stereocenters. The lowest BCUT2D eigenvalue weighted by molar-refractivity contribution is -0.152. The standard InChI is InChI=1S/C4H4O5.CH4N2O.CH2O2.H3N/c5-2(4(8)9)1-3(6)7;2-1(3)4;2-1-3;/h1H2,(H,6,7)(H,8,9);(H4,2,3,4);1H,(H,2,3);1H3. The lowest BCUT2D eigenvalue weighted by atomic mass is 10.3.